The van der Waals surface area contributed by atoms with Crippen molar-refractivity contribution in [3.63, 3.8) is 0 Å². The molecule has 1 aliphatic rings. The first-order valence-electron chi connectivity index (χ1n) is 6.31. The molecule has 1 aliphatic heterocycles. The third kappa shape index (κ3) is 5.61. The van der Waals surface area contributed by atoms with Gasteiger partial charge in [-0.15, -0.1) is 0 Å². The molecule has 0 bridgehead atoms. The van der Waals surface area contributed by atoms with Gasteiger partial charge in [0, 0.05) is 38.6 Å². The smallest absolute Gasteiger partial charge is 0.246 e. The van der Waals surface area contributed by atoms with Gasteiger partial charge in [-0.3, -0.25) is 9.59 Å². The van der Waals surface area contributed by atoms with Gasteiger partial charge in [-0.05, 0) is 19.8 Å². The molecule has 0 spiro atoms. The van der Waals surface area contributed by atoms with Crippen molar-refractivity contribution < 1.29 is 14.4 Å². The van der Waals surface area contributed by atoms with E-state index in [2.05, 4.69) is 5.32 Å². The number of nitrogens with one attached hydrogen (secondary N) is 1. The lowest BCUT2D eigenvalue weighted by molar-refractivity contribution is -0.125. The number of Topliss-reactive ketones (excluding diaryl/α,β-unsaturated/α-hetero) is 1. The average molecular weight is 252 g/mol. The number of hydrogen-bond donors (Lipinski definition) is 1. The van der Waals surface area contributed by atoms with Gasteiger partial charge >= 0.3 is 0 Å². The first-order chi connectivity index (χ1) is 8.59. The molecule has 5 nitrogen and oxygen atoms in total. The van der Waals surface area contributed by atoms with Crippen LogP contribution < -0.4 is 5.32 Å². The van der Waals surface area contributed by atoms with Crippen molar-refractivity contribution >= 4 is 17.6 Å². The van der Waals surface area contributed by atoms with E-state index in [4.69, 9.17) is 0 Å². The van der Waals surface area contributed by atoms with Crippen LogP contribution in [-0.2, 0) is 14.4 Å². The van der Waals surface area contributed by atoms with Gasteiger partial charge in [0.15, 0.2) is 0 Å². The molecule has 0 fully saturated rings. The molecule has 0 saturated heterocycles. The second-order valence-electron chi connectivity index (χ2n) is 4.45. The molecule has 1 heterocycles. The fourth-order valence-corrected chi connectivity index (χ4v) is 1.76. The molecule has 0 aromatic rings. The maximum atomic E-state index is 11.4. The highest BCUT2D eigenvalue weighted by Gasteiger charge is 2.13. The van der Waals surface area contributed by atoms with Crippen LogP contribution in [0.15, 0.2) is 12.2 Å². The molecule has 0 aromatic carbocycles. The first kappa shape index (κ1) is 14.4. The lowest BCUT2D eigenvalue weighted by atomic mass is 10.1. The summed E-state index contributed by atoms with van der Waals surface area (Å²) in [6.07, 6.45) is 5.84. The number of ketones is 1. The lowest BCUT2D eigenvalue weighted by Gasteiger charge is -2.15. The molecule has 0 aromatic heterocycles. The Hall–Kier alpha value is -1.65. The van der Waals surface area contributed by atoms with E-state index in [-0.39, 0.29) is 17.6 Å². The van der Waals surface area contributed by atoms with E-state index < -0.39 is 0 Å². The van der Waals surface area contributed by atoms with Gasteiger partial charge < -0.3 is 15.0 Å². The van der Waals surface area contributed by atoms with Crippen LogP contribution in [0.3, 0.4) is 0 Å². The summed E-state index contributed by atoms with van der Waals surface area (Å²) in [5.41, 5.74) is 0. The van der Waals surface area contributed by atoms with Gasteiger partial charge in [-0.1, -0.05) is 6.08 Å². The number of carbonyl (C=O) groups excluding carboxylic acids is 3. The molecule has 0 atom stereocenters. The van der Waals surface area contributed by atoms with Crippen LogP contribution in [0.2, 0.25) is 0 Å². The minimum Gasteiger partial charge on any atom is -0.354 e. The monoisotopic (exact) mass is 252 g/mol. The molecule has 0 radical (unpaired) electrons. The summed E-state index contributed by atoms with van der Waals surface area (Å²) < 4.78 is 0. The van der Waals surface area contributed by atoms with Gasteiger partial charge in [-0.25, -0.2) is 0 Å². The Balaban J connectivity index is 2.00. The van der Waals surface area contributed by atoms with Crippen LogP contribution in [0.1, 0.15) is 32.6 Å². The third-order valence-electron chi connectivity index (χ3n) is 2.78. The summed E-state index contributed by atoms with van der Waals surface area (Å²) in [6, 6.07) is 0. The van der Waals surface area contributed by atoms with Crippen molar-refractivity contribution in [2.75, 3.05) is 19.6 Å². The SMILES string of the molecule is CC(=O)CCCCC(=O)NCCN1CC=CC1=O. The van der Waals surface area contributed by atoms with Crippen LogP contribution in [0.25, 0.3) is 0 Å². The summed E-state index contributed by atoms with van der Waals surface area (Å²) in [4.78, 5) is 35.0. The van der Waals surface area contributed by atoms with E-state index in [9.17, 15) is 14.4 Å². The summed E-state index contributed by atoms with van der Waals surface area (Å²) in [6.45, 7) is 3.22. The summed E-state index contributed by atoms with van der Waals surface area (Å²) >= 11 is 0. The van der Waals surface area contributed by atoms with Crippen LogP contribution in [0, 0.1) is 0 Å². The highest BCUT2D eigenvalue weighted by atomic mass is 16.2. The predicted octanol–water partition coefficient (Wildman–Crippen LogP) is 0.650. The summed E-state index contributed by atoms with van der Waals surface area (Å²) in [5, 5.41) is 2.77. The average Bonchev–Trinajstić information content (AvgIpc) is 2.70. The zero-order chi connectivity index (χ0) is 13.4. The lowest BCUT2D eigenvalue weighted by Crippen LogP contribution is -2.35. The number of carbonyl (C=O) groups is 3. The van der Waals surface area contributed by atoms with Crippen molar-refractivity contribution in [1.29, 1.82) is 0 Å². The maximum absolute atomic E-state index is 11.4. The van der Waals surface area contributed by atoms with E-state index >= 15 is 0 Å². The van der Waals surface area contributed by atoms with E-state index in [1.807, 2.05) is 6.08 Å². The molecule has 5 heteroatoms. The van der Waals surface area contributed by atoms with Crippen molar-refractivity contribution in [2.24, 2.45) is 0 Å². The minimum atomic E-state index is -0.0156. The Kier molecular flexibility index (Phi) is 6.11. The molecule has 18 heavy (non-hydrogen) atoms. The van der Waals surface area contributed by atoms with Crippen molar-refractivity contribution in [3.8, 4) is 0 Å². The Morgan fingerprint density at radius 2 is 2.06 bits per heavy atom. The Bertz CT molecular complexity index is 350. The number of amides is 2. The van der Waals surface area contributed by atoms with Crippen LogP contribution in [0.4, 0.5) is 0 Å². The normalized spacial score (nSPS) is 14.1. The van der Waals surface area contributed by atoms with Gasteiger partial charge in [0.25, 0.3) is 0 Å². The quantitative estimate of drug-likeness (QED) is 0.645. The van der Waals surface area contributed by atoms with Crippen molar-refractivity contribution in [1.82, 2.24) is 10.2 Å². The number of nitrogens with zero attached hydrogens (tertiary/aromatic N) is 1. The number of unbranched alkanes of at least 4 members (excludes halogenated alkanes) is 1. The molecule has 0 saturated carbocycles. The second-order valence-corrected chi connectivity index (χ2v) is 4.45. The summed E-state index contributed by atoms with van der Waals surface area (Å²) in [7, 11) is 0. The van der Waals surface area contributed by atoms with Gasteiger partial charge in [-0.2, -0.15) is 0 Å². The van der Waals surface area contributed by atoms with Crippen LogP contribution >= 0.6 is 0 Å². The zero-order valence-corrected chi connectivity index (χ0v) is 10.8. The largest absolute Gasteiger partial charge is 0.354 e. The van der Waals surface area contributed by atoms with Gasteiger partial charge in [0.1, 0.15) is 5.78 Å². The molecule has 1 rings (SSSR count). The molecule has 0 unspecified atom stereocenters. The maximum Gasteiger partial charge on any atom is 0.246 e. The first-order valence-corrected chi connectivity index (χ1v) is 6.31. The molecular formula is C13H20N2O3. The van der Waals surface area contributed by atoms with E-state index in [0.29, 0.717) is 32.5 Å². The summed E-state index contributed by atoms with van der Waals surface area (Å²) in [5.74, 6) is 0.152. The molecular weight excluding hydrogens is 232 g/mol. The molecule has 1 N–H and O–H groups in total. The Labute approximate surface area is 107 Å². The highest BCUT2D eigenvalue weighted by molar-refractivity contribution is 5.90. The zero-order valence-electron chi connectivity index (χ0n) is 10.8. The minimum absolute atomic E-state index is 0.00528. The van der Waals surface area contributed by atoms with Crippen molar-refractivity contribution in [2.45, 2.75) is 32.6 Å². The van der Waals surface area contributed by atoms with E-state index in [0.717, 1.165) is 12.8 Å². The molecule has 2 amide bonds. The van der Waals surface area contributed by atoms with E-state index in [1.165, 1.54) is 0 Å². The van der Waals surface area contributed by atoms with Crippen molar-refractivity contribution in [3.05, 3.63) is 12.2 Å². The molecule has 100 valence electrons. The number of hydrogen-bond acceptors (Lipinski definition) is 3. The second kappa shape index (κ2) is 7.63. The Morgan fingerprint density at radius 1 is 1.33 bits per heavy atom. The topological polar surface area (TPSA) is 66.5 Å². The highest BCUT2D eigenvalue weighted by Crippen LogP contribution is 2.01. The van der Waals surface area contributed by atoms with Gasteiger partial charge in [0.05, 0.1) is 0 Å². The fraction of sp³-hybridized carbons (Fsp3) is 0.615. The standard InChI is InChI=1S/C13H20N2O3/c1-11(16)5-2-3-6-12(17)14-8-10-15-9-4-7-13(15)18/h4,7H,2-3,5-6,8-10H2,1H3,(H,14,17). The van der Waals surface area contributed by atoms with Gasteiger partial charge in [0.2, 0.25) is 11.8 Å². The third-order valence-corrected chi connectivity index (χ3v) is 2.78. The fourth-order valence-electron chi connectivity index (χ4n) is 1.76. The predicted molar refractivity (Wildman–Crippen MR) is 67.9 cm³/mol. The van der Waals surface area contributed by atoms with Crippen LogP contribution in [-0.4, -0.2) is 42.1 Å². The Morgan fingerprint density at radius 3 is 2.67 bits per heavy atom. The molecule has 0 aliphatic carbocycles. The van der Waals surface area contributed by atoms with E-state index in [1.54, 1.807) is 17.9 Å². The number of rotatable bonds is 8. The van der Waals surface area contributed by atoms with Crippen LogP contribution in [0.5, 0.6) is 0 Å².